The van der Waals surface area contributed by atoms with Crippen LogP contribution in [0.3, 0.4) is 0 Å². The molecule has 1 aliphatic heterocycles. The zero-order valence-corrected chi connectivity index (χ0v) is 11.4. The second kappa shape index (κ2) is 5.88. The molecule has 1 saturated carbocycles. The Balaban J connectivity index is 1.67. The quantitative estimate of drug-likeness (QED) is 0.684. The van der Waals surface area contributed by atoms with E-state index in [-0.39, 0.29) is 18.5 Å². The molecule has 1 saturated heterocycles. The van der Waals surface area contributed by atoms with Crippen LogP contribution >= 0.6 is 0 Å². The van der Waals surface area contributed by atoms with Gasteiger partial charge in [0.05, 0.1) is 12.1 Å². The summed E-state index contributed by atoms with van der Waals surface area (Å²) in [6, 6.07) is -0.192. The van der Waals surface area contributed by atoms with Crippen molar-refractivity contribution < 1.29 is 14.7 Å². The van der Waals surface area contributed by atoms with Gasteiger partial charge in [-0.1, -0.05) is 12.8 Å². The highest BCUT2D eigenvalue weighted by molar-refractivity contribution is 5.95. The molecule has 2 fully saturated rings. The van der Waals surface area contributed by atoms with Gasteiger partial charge in [0.2, 0.25) is 5.91 Å². The molecular weight excluding hydrogens is 246 g/mol. The van der Waals surface area contributed by atoms with Gasteiger partial charge in [-0.2, -0.15) is 0 Å². The number of urea groups is 1. The molecule has 0 aromatic carbocycles. The van der Waals surface area contributed by atoms with E-state index in [1.807, 2.05) is 4.90 Å². The Kier molecular flexibility index (Phi) is 4.42. The number of hydrogen-bond donors (Lipinski definition) is 3. The number of aliphatic hydroxyl groups is 1. The van der Waals surface area contributed by atoms with Gasteiger partial charge in [0, 0.05) is 19.1 Å². The largest absolute Gasteiger partial charge is 0.389 e. The fourth-order valence-corrected chi connectivity index (χ4v) is 2.83. The molecule has 1 aliphatic carbocycles. The number of imide groups is 1. The summed E-state index contributed by atoms with van der Waals surface area (Å²) >= 11 is 0. The van der Waals surface area contributed by atoms with E-state index in [9.17, 15) is 14.7 Å². The first-order chi connectivity index (χ1) is 8.94. The van der Waals surface area contributed by atoms with Crippen LogP contribution < -0.4 is 10.6 Å². The highest BCUT2D eigenvalue weighted by atomic mass is 16.3. The van der Waals surface area contributed by atoms with Crippen LogP contribution in [0.4, 0.5) is 4.79 Å². The Morgan fingerprint density at radius 2 is 2.05 bits per heavy atom. The number of rotatable bonds is 3. The molecule has 0 radical (unpaired) electrons. The molecule has 1 unspecified atom stereocenters. The van der Waals surface area contributed by atoms with E-state index < -0.39 is 11.6 Å². The highest BCUT2D eigenvalue weighted by Gasteiger charge is 2.32. The Hall–Kier alpha value is -1.14. The number of hydrogen-bond acceptors (Lipinski definition) is 4. The SMILES string of the molecule is CC1(O)CCN(CC(=O)NC(=O)NC2CCCC2)C1. The monoisotopic (exact) mass is 269 g/mol. The van der Waals surface area contributed by atoms with Crippen molar-refractivity contribution in [2.75, 3.05) is 19.6 Å². The third kappa shape index (κ3) is 4.47. The van der Waals surface area contributed by atoms with E-state index in [1.165, 1.54) is 0 Å². The molecule has 1 atom stereocenters. The molecule has 108 valence electrons. The lowest BCUT2D eigenvalue weighted by atomic mass is 10.1. The number of carbonyl (C=O) groups excluding carboxylic acids is 2. The van der Waals surface area contributed by atoms with Crippen molar-refractivity contribution in [2.45, 2.75) is 50.7 Å². The lowest BCUT2D eigenvalue weighted by molar-refractivity contribution is -0.121. The van der Waals surface area contributed by atoms with Crippen molar-refractivity contribution in [1.29, 1.82) is 0 Å². The molecular formula is C13H23N3O3. The summed E-state index contributed by atoms with van der Waals surface area (Å²) in [5.41, 5.74) is -0.716. The van der Waals surface area contributed by atoms with Gasteiger partial charge in [-0.05, 0) is 26.2 Å². The molecule has 2 aliphatic rings. The van der Waals surface area contributed by atoms with E-state index >= 15 is 0 Å². The number of carbonyl (C=O) groups is 2. The maximum atomic E-state index is 11.7. The lowest BCUT2D eigenvalue weighted by Crippen LogP contribution is -2.47. The minimum absolute atomic E-state index is 0.161. The third-order valence-corrected chi connectivity index (χ3v) is 3.84. The van der Waals surface area contributed by atoms with Crippen molar-refractivity contribution in [3.05, 3.63) is 0 Å². The van der Waals surface area contributed by atoms with Crippen molar-refractivity contribution >= 4 is 11.9 Å². The van der Waals surface area contributed by atoms with Gasteiger partial charge in [-0.15, -0.1) is 0 Å². The Morgan fingerprint density at radius 1 is 1.37 bits per heavy atom. The van der Waals surface area contributed by atoms with Gasteiger partial charge in [-0.25, -0.2) is 4.79 Å². The average molecular weight is 269 g/mol. The second-order valence-corrected chi connectivity index (χ2v) is 5.96. The molecule has 6 nitrogen and oxygen atoms in total. The number of nitrogens with one attached hydrogen (secondary N) is 2. The first kappa shape index (κ1) is 14.3. The molecule has 0 aromatic rings. The maximum Gasteiger partial charge on any atom is 0.321 e. The number of amides is 3. The molecule has 0 aromatic heterocycles. The molecule has 19 heavy (non-hydrogen) atoms. The van der Waals surface area contributed by atoms with Crippen LogP contribution in [-0.4, -0.2) is 53.2 Å². The summed E-state index contributed by atoms with van der Waals surface area (Å²) in [5, 5.41) is 15.0. The molecule has 6 heteroatoms. The molecule has 3 amide bonds. The Morgan fingerprint density at radius 3 is 2.63 bits per heavy atom. The zero-order chi connectivity index (χ0) is 13.9. The van der Waals surface area contributed by atoms with Gasteiger partial charge >= 0.3 is 6.03 Å². The fourth-order valence-electron chi connectivity index (χ4n) is 2.83. The summed E-state index contributed by atoms with van der Waals surface area (Å²) in [6.45, 7) is 3.08. The summed E-state index contributed by atoms with van der Waals surface area (Å²) < 4.78 is 0. The van der Waals surface area contributed by atoms with Gasteiger partial charge in [0.15, 0.2) is 0 Å². The minimum Gasteiger partial charge on any atom is -0.389 e. The second-order valence-electron chi connectivity index (χ2n) is 5.96. The molecule has 0 bridgehead atoms. The van der Waals surface area contributed by atoms with Crippen molar-refractivity contribution in [3.63, 3.8) is 0 Å². The molecule has 3 N–H and O–H groups in total. The van der Waals surface area contributed by atoms with Gasteiger partial charge in [0.1, 0.15) is 0 Å². The lowest BCUT2D eigenvalue weighted by Gasteiger charge is -2.18. The fraction of sp³-hybridized carbons (Fsp3) is 0.846. The smallest absolute Gasteiger partial charge is 0.321 e. The van der Waals surface area contributed by atoms with Gasteiger partial charge in [0.25, 0.3) is 0 Å². The standard InChI is InChI=1S/C13H23N3O3/c1-13(19)6-7-16(9-13)8-11(17)15-12(18)14-10-4-2-3-5-10/h10,19H,2-9H2,1H3,(H2,14,15,17,18). The normalized spacial score (nSPS) is 28.5. The summed E-state index contributed by atoms with van der Waals surface area (Å²) in [5.74, 6) is -0.312. The van der Waals surface area contributed by atoms with Crippen molar-refractivity contribution in [2.24, 2.45) is 0 Å². The first-order valence-corrected chi connectivity index (χ1v) is 7.00. The Labute approximate surface area is 113 Å². The van der Waals surface area contributed by atoms with E-state index in [0.717, 1.165) is 25.7 Å². The van der Waals surface area contributed by atoms with Crippen LogP contribution in [0, 0.1) is 0 Å². The average Bonchev–Trinajstić information content (AvgIpc) is 2.88. The summed E-state index contributed by atoms with van der Waals surface area (Å²) in [4.78, 5) is 25.2. The van der Waals surface area contributed by atoms with Crippen LogP contribution in [0.1, 0.15) is 39.0 Å². The van der Waals surface area contributed by atoms with Crippen LogP contribution in [0.15, 0.2) is 0 Å². The molecule has 1 heterocycles. The Bertz CT molecular complexity index is 351. The first-order valence-electron chi connectivity index (χ1n) is 7.00. The van der Waals surface area contributed by atoms with Crippen molar-refractivity contribution in [1.82, 2.24) is 15.5 Å². The van der Waals surface area contributed by atoms with E-state index in [0.29, 0.717) is 19.5 Å². The number of likely N-dealkylation sites (tertiary alicyclic amines) is 1. The topological polar surface area (TPSA) is 81.7 Å². The molecule has 2 rings (SSSR count). The van der Waals surface area contributed by atoms with Crippen LogP contribution in [0.25, 0.3) is 0 Å². The highest BCUT2D eigenvalue weighted by Crippen LogP contribution is 2.19. The predicted molar refractivity (Wildman–Crippen MR) is 70.6 cm³/mol. The third-order valence-electron chi connectivity index (χ3n) is 3.84. The summed E-state index contributed by atoms with van der Waals surface area (Å²) in [6.07, 6.45) is 4.94. The summed E-state index contributed by atoms with van der Waals surface area (Å²) in [7, 11) is 0. The van der Waals surface area contributed by atoms with Crippen molar-refractivity contribution in [3.8, 4) is 0 Å². The zero-order valence-electron chi connectivity index (χ0n) is 11.4. The van der Waals surface area contributed by atoms with Crippen LogP contribution in [0.5, 0.6) is 0 Å². The maximum absolute atomic E-state index is 11.7. The van der Waals surface area contributed by atoms with Gasteiger partial charge in [-0.3, -0.25) is 15.0 Å². The van der Waals surface area contributed by atoms with E-state index in [2.05, 4.69) is 10.6 Å². The number of nitrogens with zero attached hydrogens (tertiary/aromatic N) is 1. The van der Waals surface area contributed by atoms with Crippen LogP contribution in [0.2, 0.25) is 0 Å². The minimum atomic E-state index is -0.716. The van der Waals surface area contributed by atoms with E-state index in [1.54, 1.807) is 6.92 Å². The predicted octanol–water partition coefficient (Wildman–Crippen LogP) is 0.212. The van der Waals surface area contributed by atoms with Crippen LogP contribution in [-0.2, 0) is 4.79 Å². The number of β-amino-alcohol motifs (C(OH)–C–C–N with tert-alkyl or cyclic N) is 1. The van der Waals surface area contributed by atoms with Gasteiger partial charge < -0.3 is 10.4 Å². The molecule has 0 spiro atoms. The van der Waals surface area contributed by atoms with E-state index in [4.69, 9.17) is 0 Å².